The van der Waals surface area contributed by atoms with Crippen LogP contribution in [0.5, 0.6) is 0 Å². The Morgan fingerprint density at radius 3 is 3.05 bits per heavy atom. The van der Waals surface area contributed by atoms with Crippen LogP contribution in [0.15, 0.2) is 24.4 Å². The second-order valence-corrected chi connectivity index (χ2v) is 5.78. The van der Waals surface area contributed by atoms with E-state index in [0.717, 1.165) is 42.1 Å². The summed E-state index contributed by atoms with van der Waals surface area (Å²) in [6, 6.07) is 6.15. The monoisotopic (exact) mass is 290 g/mol. The average Bonchev–Trinajstić information content (AvgIpc) is 3.07. The lowest BCUT2D eigenvalue weighted by molar-refractivity contribution is -0.380. The summed E-state index contributed by atoms with van der Waals surface area (Å²) in [7, 11) is 0. The number of pyridine rings is 1. The van der Waals surface area contributed by atoms with E-state index in [2.05, 4.69) is 14.9 Å². The molecule has 2 aromatic heterocycles. The van der Waals surface area contributed by atoms with Crippen LogP contribution in [-0.4, -0.2) is 21.4 Å². The van der Waals surface area contributed by atoms with E-state index >= 15 is 0 Å². The van der Waals surface area contributed by atoms with E-state index in [9.17, 15) is 10.1 Å². The maximum Gasteiger partial charge on any atom is 0.345 e. The zero-order valence-electron chi connectivity index (χ0n) is 11.0. The van der Waals surface area contributed by atoms with Crippen molar-refractivity contribution >= 4 is 21.5 Å². The highest BCUT2D eigenvalue weighted by molar-refractivity contribution is 7.18. The lowest BCUT2D eigenvalue weighted by Gasteiger charge is -2.23. The topological polar surface area (TPSA) is 72.2 Å². The van der Waals surface area contributed by atoms with Gasteiger partial charge in [-0.25, -0.2) is 4.98 Å². The minimum absolute atomic E-state index is 0.0860. The molecule has 0 unspecified atom stereocenters. The first-order valence-corrected chi connectivity index (χ1v) is 7.27. The quantitative estimate of drug-likeness (QED) is 0.641. The molecule has 1 saturated heterocycles. The van der Waals surface area contributed by atoms with Crippen molar-refractivity contribution in [2.75, 3.05) is 11.4 Å². The average molecular weight is 290 g/mol. The van der Waals surface area contributed by atoms with E-state index in [1.807, 2.05) is 25.1 Å². The highest BCUT2D eigenvalue weighted by atomic mass is 32.1. The van der Waals surface area contributed by atoms with Gasteiger partial charge >= 0.3 is 5.00 Å². The van der Waals surface area contributed by atoms with Crippen LogP contribution in [0.1, 0.15) is 30.3 Å². The van der Waals surface area contributed by atoms with Crippen LogP contribution in [0, 0.1) is 17.0 Å². The lowest BCUT2D eigenvalue weighted by atomic mass is 10.1. The van der Waals surface area contributed by atoms with E-state index in [4.69, 9.17) is 0 Å². The predicted molar refractivity (Wildman–Crippen MR) is 77.1 cm³/mol. The first kappa shape index (κ1) is 13.0. The number of hydrogen-bond acceptors (Lipinski definition) is 6. The SMILES string of the molecule is Cc1cccc([C@@H]2CCCN2c2ncc([N+](=O)[O-])s2)n1. The molecule has 0 N–H and O–H groups in total. The maximum atomic E-state index is 10.8. The predicted octanol–water partition coefficient (Wildman–Crippen LogP) is 3.10. The molecule has 1 atom stereocenters. The number of aromatic nitrogens is 2. The van der Waals surface area contributed by atoms with Crippen molar-refractivity contribution in [3.05, 3.63) is 45.9 Å². The summed E-state index contributed by atoms with van der Waals surface area (Å²) >= 11 is 1.13. The van der Waals surface area contributed by atoms with Crippen LogP contribution >= 0.6 is 11.3 Å². The molecule has 0 radical (unpaired) electrons. The Morgan fingerprint density at radius 1 is 1.50 bits per heavy atom. The van der Waals surface area contributed by atoms with Crippen LogP contribution in [0.3, 0.4) is 0 Å². The number of anilines is 1. The van der Waals surface area contributed by atoms with Gasteiger partial charge in [0.15, 0.2) is 5.13 Å². The van der Waals surface area contributed by atoms with Crippen molar-refractivity contribution in [3.63, 3.8) is 0 Å². The maximum absolute atomic E-state index is 10.8. The Hall–Kier alpha value is -2.02. The molecule has 3 heterocycles. The summed E-state index contributed by atoms with van der Waals surface area (Å²) in [4.78, 5) is 21.3. The summed E-state index contributed by atoms with van der Waals surface area (Å²) in [5.74, 6) is 0. The van der Waals surface area contributed by atoms with E-state index in [-0.39, 0.29) is 11.0 Å². The van der Waals surface area contributed by atoms with Crippen LogP contribution in [-0.2, 0) is 0 Å². The van der Waals surface area contributed by atoms with Gasteiger partial charge in [0.2, 0.25) is 0 Å². The summed E-state index contributed by atoms with van der Waals surface area (Å²) < 4.78 is 0. The van der Waals surface area contributed by atoms with Gasteiger partial charge in [0.25, 0.3) is 0 Å². The first-order valence-electron chi connectivity index (χ1n) is 6.45. The normalized spacial score (nSPS) is 18.4. The molecule has 0 aromatic carbocycles. The molecule has 20 heavy (non-hydrogen) atoms. The number of rotatable bonds is 3. The van der Waals surface area contributed by atoms with Crippen molar-refractivity contribution in [1.29, 1.82) is 0 Å². The van der Waals surface area contributed by atoms with Gasteiger partial charge in [0.1, 0.15) is 6.20 Å². The Kier molecular flexibility index (Phi) is 3.35. The fraction of sp³-hybridized carbons (Fsp3) is 0.385. The minimum atomic E-state index is -0.392. The van der Waals surface area contributed by atoms with Gasteiger partial charge in [-0.05, 0) is 43.2 Å². The lowest BCUT2D eigenvalue weighted by Crippen LogP contribution is -2.23. The van der Waals surface area contributed by atoms with Crippen molar-refractivity contribution < 1.29 is 4.92 Å². The van der Waals surface area contributed by atoms with Crippen LogP contribution in [0.2, 0.25) is 0 Å². The number of hydrogen-bond donors (Lipinski definition) is 0. The molecule has 6 nitrogen and oxygen atoms in total. The van der Waals surface area contributed by atoms with Gasteiger partial charge in [-0.1, -0.05) is 6.07 Å². The summed E-state index contributed by atoms with van der Waals surface area (Å²) in [5.41, 5.74) is 2.00. The Morgan fingerprint density at radius 2 is 2.35 bits per heavy atom. The molecule has 0 bridgehead atoms. The molecule has 0 saturated carbocycles. The number of nitro groups is 1. The highest BCUT2D eigenvalue weighted by Gasteiger charge is 2.30. The van der Waals surface area contributed by atoms with Crippen LogP contribution in [0.25, 0.3) is 0 Å². The second-order valence-electron chi connectivity index (χ2n) is 4.79. The van der Waals surface area contributed by atoms with E-state index in [0.29, 0.717) is 5.13 Å². The molecule has 0 spiro atoms. The van der Waals surface area contributed by atoms with Crippen molar-refractivity contribution in [2.45, 2.75) is 25.8 Å². The summed E-state index contributed by atoms with van der Waals surface area (Å²) in [6.07, 6.45) is 3.39. The third-order valence-electron chi connectivity index (χ3n) is 3.41. The number of aryl methyl sites for hydroxylation is 1. The molecule has 3 rings (SSSR count). The Bertz CT molecular complexity index is 643. The van der Waals surface area contributed by atoms with E-state index in [1.165, 1.54) is 6.20 Å². The van der Waals surface area contributed by atoms with E-state index < -0.39 is 4.92 Å². The fourth-order valence-corrected chi connectivity index (χ4v) is 3.33. The molecular formula is C13H14N4O2S. The largest absolute Gasteiger partial charge is 0.345 e. The second kappa shape index (κ2) is 5.16. The molecule has 0 amide bonds. The van der Waals surface area contributed by atoms with Crippen LogP contribution in [0.4, 0.5) is 10.1 Å². The molecule has 2 aromatic rings. The van der Waals surface area contributed by atoms with Crippen LogP contribution < -0.4 is 4.90 Å². The third-order valence-corrected chi connectivity index (χ3v) is 4.40. The van der Waals surface area contributed by atoms with Crippen molar-refractivity contribution in [3.8, 4) is 0 Å². The molecule has 1 fully saturated rings. The standard InChI is InChI=1S/C13H14N4O2S/c1-9-4-2-5-10(15-9)11-6-3-7-16(11)13-14-8-12(20-13)17(18)19/h2,4-5,8,11H,3,6-7H2,1H3/t11-/m0/s1. The molecule has 0 aliphatic carbocycles. The van der Waals surface area contributed by atoms with Gasteiger partial charge < -0.3 is 4.90 Å². The Labute approximate surface area is 120 Å². The molecular weight excluding hydrogens is 276 g/mol. The van der Waals surface area contributed by atoms with Gasteiger partial charge in [-0.15, -0.1) is 0 Å². The van der Waals surface area contributed by atoms with E-state index in [1.54, 1.807) is 0 Å². The Balaban J connectivity index is 1.90. The van der Waals surface area contributed by atoms with Gasteiger partial charge in [-0.2, -0.15) is 0 Å². The zero-order valence-corrected chi connectivity index (χ0v) is 11.8. The van der Waals surface area contributed by atoms with Gasteiger partial charge in [-0.3, -0.25) is 15.1 Å². The molecule has 104 valence electrons. The minimum Gasteiger partial charge on any atom is -0.339 e. The molecule has 1 aliphatic heterocycles. The summed E-state index contributed by atoms with van der Waals surface area (Å²) in [5, 5.41) is 11.6. The number of nitrogens with zero attached hydrogens (tertiary/aromatic N) is 4. The molecule has 1 aliphatic rings. The van der Waals surface area contributed by atoms with Crippen molar-refractivity contribution in [2.24, 2.45) is 0 Å². The number of thiazole rings is 1. The first-order chi connectivity index (χ1) is 9.65. The smallest absolute Gasteiger partial charge is 0.339 e. The highest BCUT2D eigenvalue weighted by Crippen LogP contribution is 2.38. The zero-order chi connectivity index (χ0) is 14.1. The summed E-state index contributed by atoms with van der Waals surface area (Å²) in [6.45, 7) is 2.84. The van der Waals surface area contributed by atoms with Gasteiger partial charge in [0, 0.05) is 12.2 Å². The fourth-order valence-electron chi connectivity index (χ4n) is 2.53. The third kappa shape index (κ3) is 2.36. The molecule has 7 heteroatoms. The van der Waals surface area contributed by atoms with Crippen molar-refractivity contribution in [1.82, 2.24) is 9.97 Å². The van der Waals surface area contributed by atoms with Gasteiger partial charge in [0.05, 0.1) is 16.7 Å².